The molecular formula is C17H19N3O2. The van der Waals surface area contributed by atoms with Crippen LogP contribution >= 0.6 is 0 Å². The molecule has 2 N–H and O–H groups in total. The highest BCUT2D eigenvalue weighted by atomic mass is 16.2. The summed E-state index contributed by atoms with van der Waals surface area (Å²) in [4.78, 5) is 29.0. The predicted octanol–water partition coefficient (Wildman–Crippen LogP) is 2.16. The van der Waals surface area contributed by atoms with Gasteiger partial charge in [-0.2, -0.15) is 0 Å². The molecule has 2 rings (SSSR count). The van der Waals surface area contributed by atoms with E-state index in [0.29, 0.717) is 16.8 Å². The van der Waals surface area contributed by atoms with Gasteiger partial charge in [-0.3, -0.25) is 9.59 Å². The summed E-state index contributed by atoms with van der Waals surface area (Å²) in [5.74, 6) is -0.386. The number of Topliss-reactive ketones (excluding diaryl/α,β-unsaturated/α-hetero) is 1. The number of benzene rings is 1. The lowest BCUT2D eigenvalue weighted by Crippen LogP contribution is -2.17. The minimum absolute atomic E-state index is 0.133. The van der Waals surface area contributed by atoms with Crippen LogP contribution < -0.4 is 5.32 Å². The normalized spacial score (nSPS) is 11.1. The van der Waals surface area contributed by atoms with Crippen molar-refractivity contribution in [2.45, 2.75) is 0 Å². The summed E-state index contributed by atoms with van der Waals surface area (Å²) < 4.78 is 0. The Labute approximate surface area is 129 Å². The molecule has 5 heteroatoms. The molecule has 0 spiro atoms. The van der Waals surface area contributed by atoms with Crippen molar-refractivity contribution < 1.29 is 9.59 Å². The first-order chi connectivity index (χ1) is 10.5. The molecule has 1 heterocycles. The first-order valence-corrected chi connectivity index (χ1v) is 6.91. The van der Waals surface area contributed by atoms with Gasteiger partial charge in [-0.05, 0) is 11.6 Å². The van der Waals surface area contributed by atoms with E-state index in [9.17, 15) is 9.59 Å². The average molecular weight is 297 g/mol. The number of hydrogen-bond donors (Lipinski definition) is 2. The molecule has 114 valence electrons. The predicted molar refractivity (Wildman–Crippen MR) is 86.6 cm³/mol. The smallest absolute Gasteiger partial charge is 0.267 e. The first kappa shape index (κ1) is 15.6. The zero-order valence-electron chi connectivity index (χ0n) is 12.9. The quantitative estimate of drug-likeness (QED) is 0.656. The molecule has 0 aliphatic rings. The minimum Gasteiger partial charge on any atom is -0.383 e. The van der Waals surface area contributed by atoms with Gasteiger partial charge in [0.05, 0.1) is 0 Å². The standard InChI is InChI=1S/C17H19N3O2/c1-18-17(22)15-9-13(10-19-15)16(21)14(11-20(2)3)12-7-5-4-6-8-12/h4-11,19H,1-3H3,(H,18,22)/b14-11-. The molecular weight excluding hydrogens is 278 g/mol. The summed E-state index contributed by atoms with van der Waals surface area (Å²) in [6.45, 7) is 0. The van der Waals surface area contributed by atoms with Crippen LogP contribution in [-0.4, -0.2) is 42.7 Å². The minimum atomic E-state index is -0.253. The Balaban J connectivity index is 2.38. The van der Waals surface area contributed by atoms with Crippen molar-refractivity contribution in [1.29, 1.82) is 0 Å². The molecule has 0 saturated carbocycles. The fourth-order valence-corrected chi connectivity index (χ4v) is 2.09. The molecule has 1 aromatic carbocycles. The van der Waals surface area contributed by atoms with Crippen LogP contribution in [-0.2, 0) is 0 Å². The summed E-state index contributed by atoms with van der Waals surface area (Å²) >= 11 is 0. The third kappa shape index (κ3) is 3.44. The summed E-state index contributed by atoms with van der Waals surface area (Å²) in [6.07, 6.45) is 3.34. The molecule has 0 bridgehead atoms. The fourth-order valence-electron chi connectivity index (χ4n) is 2.09. The van der Waals surface area contributed by atoms with Crippen LogP contribution in [0.15, 0.2) is 48.8 Å². The van der Waals surface area contributed by atoms with Gasteiger partial charge >= 0.3 is 0 Å². The van der Waals surface area contributed by atoms with E-state index in [0.717, 1.165) is 5.56 Å². The van der Waals surface area contributed by atoms with Gasteiger partial charge in [0.15, 0.2) is 5.78 Å². The van der Waals surface area contributed by atoms with Crippen molar-refractivity contribution in [3.63, 3.8) is 0 Å². The highest BCUT2D eigenvalue weighted by Gasteiger charge is 2.17. The van der Waals surface area contributed by atoms with Crippen molar-refractivity contribution in [1.82, 2.24) is 15.2 Å². The summed E-state index contributed by atoms with van der Waals surface area (Å²) in [5.41, 5.74) is 2.23. The zero-order chi connectivity index (χ0) is 16.1. The van der Waals surface area contributed by atoms with Crippen LogP contribution in [0, 0.1) is 0 Å². The number of nitrogens with zero attached hydrogens (tertiary/aromatic N) is 1. The molecule has 0 aliphatic carbocycles. The van der Waals surface area contributed by atoms with Gasteiger partial charge in [0.2, 0.25) is 0 Å². The van der Waals surface area contributed by atoms with E-state index in [1.807, 2.05) is 49.3 Å². The number of hydrogen-bond acceptors (Lipinski definition) is 3. The average Bonchev–Trinajstić information content (AvgIpc) is 3.02. The molecule has 1 amide bonds. The molecule has 1 aromatic heterocycles. The Morgan fingerprint density at radius 3 is 2.41 bits per heavy atom. The largest absolute Gasteiger partial charge is 0.383 e. The van der Waals surface area contributed by atoms with Crippen molar-refractivity contribution in [3.05, 3.63) is 65.6 Å². The van der Waals surface area contributed by atoms with Crippen LogP contribution in [0.2, 0.25) is 0 Å². The Morgan fingerprint density at radius 2 is 1.82 bits per heavy atom. The van der Waals surface area contributed by atoms with E-state index < -0.39 is 0 Å². The second-order valence-corrected chi connectivity index (χ2v) is 5.08. The van der Waals surface area contributed by atoms with Crippen LogP contribution in [0.5, 0.6) is 0 Å². The van der Waals surface area contributed by atoms with Crippen LogP contribution in [0.4, 0.5) is 0 Å². The van der Waals surface area contributed by atoms with Crippen molar-refractivity contribution >= 4 is 17.3 Å². The van der Waals surface area contributed by atoms with E-state index in [2.05, 4.69) is 10.3 Å². The third-order valence-electron chi connectivity index (χ3n) is 3.13. The number of carbonyl (C=O) groups is 2. The summed E-state index contributed by atoms with van der Waals surface area (Å²) in [6, 6.07) is 11.0. The number of allylic oxidation sites excluding steroid dienone is 1. The highest BCUT2D eigenvalue weighted by Crippen LogP contribution is 2.20. The van der Waals surface area contributed by atoms with E-state index in [4.69, 9.17) is 0 Å². The van der Waals surface area contributed by atoms with Crippen molar-refractivity contribution in [3.8, 4) is 0 Å². The van der Waals surface area contributed by atoms with Gasteiger partial charge in [0.25, 0.3) is 5.91 Å². The number of H-pyrrole nitrogens is 1. The lowest BCUT2D eigenvalue weighted by Gasteiger charge is -2.11. The number of aromatic amines is 1. The van der Waals surface area contributed by atoms with Crippen molar-refractivity contribution in [2.24, 2.45) is 0 Å². The Morgan fingerprint density at radius 1 is 1.14 bits per heavy atom. The van der Waals surface area contributed by atoms with Gasteiger partial charge in [0.1, 0.15) is 5.69 Å². The molecule has 22 heavy (non-hydrogen) atoms. The van der Waals surface area contributed by atoms with E-state index in [1.54, 1.807) is 25.5 Å². The number of amides is 1. The van der Waals surface area contributed by atoms with E-state index in [1.165, 1.54) is 0 Å². The number of rotatable bonds is 5. The first-order valence-electron chi connectivity index (χ1n) is 6.91. The SMILES string of the molecule is CNC(=O)c1cc(C(=O)/C(=C\N(C)C)c2ccccc2)c[nH]1. The topological polar surface area (TPSA) is 65.2 Å². The maximum atomic E-state index is 12.8. The molecule has 0 aliphatic heterocycles. The molecule has 2 aromatic rings. The fraction of sp³-hybridized carbons (Fsp3) is 0.176. The third-order valence-corrected chi connectivity index (χ3v) is 3.13. The lowest BCUT2D eigenvalue weighted by molar-refractivity contribution is 0.0958. The van der Waals surface area contributed by atoms with Crippen LogP contribution in [0.25, 0.3) is 5.57 Å². The highest BCUT2D eigenvalue weighted by molar-refractivity contribution is 6.29. The Hall–Kier alpha value is -2.82. The van der Waals surface area contributed by atoms with Gasteiger partial charge in [-0.15, -0.1) is 0 Å². The van der Waals surface area contributed by atoms with Gasteiger partial charge in [-0.1, -0.05) is 30.3 Å². The monoisotopic (exact) mass is 297 g/mol. The Kier molecular flexibility index (Phi) is 4.78. The van der Waals surface area contributed by atoms with E-state index >= 15 is 0 Å². The molecule has 0 radical (unpaired) electrons. The molecule has 0 unspecified atom stereocenters. The van der Waals surface area contributed by atoms with Gasteiger partial charge < -0.3 is 15.2 Å². The number of carbonyl (C=O) groups excluding carboxylic acids is 2. The molecule has 0 saturated heterocycles. The number of aromatic nitrogens is 1. The maximum absolute atomic E-state index is 12.8. The summed E-state index contributed by atoms with van der Waals surface area (Å²) in [7, 11) is 5.28. The molecule has 0 atom stereocenters. The van der Waals surface area contributed by atoms with Gasteiger partial charge in [0, 0.05) is 44.7 Å². The maximum Gasteiger partial charge on any atom is 0.267 e. The van der Waals surface area contributed by atoms with Crippen LogP contribution in [0.1, 0.15) is 26.4 Å². The summed E-state index contributed by atoms with van der Waals surface area (Å²) in [5, 5.41) is 2.52. The van der Waals surface area contributed by atoms with Crippen molar-refractivity contribution in [2.75, 3.05) is 21.1 Å². The second-order valence-electron chi connectivity index (χ2n) is 5.08. The van der Waals surface area contributed by atoms with E-state index in [-0.39, 0.29) is 11.7 Å². The number of ketones is 1. The van der Waals surface area contributed by atoms with Crippen LogP contribution in [0.3, 0.4) is 0 Å². The zero-order valence-corrected chi connectivity index (χ0v) is 12.9. The second kappa shape index (κ2) is 6.76. The molecule has 0 fully saturated rings. The molecule has 5 nitrogen and oxygen atoms in total. The lowest BCUT2D eigenvalue weighted by atomic mass is 9.99. The van der Waals surface area contributed by atoms with Gasteiger partial charge in [-0.25, -0.2) is 0 Å². The Bertz CT molecular complexity index is 700. The number of nitrogens with one attached hydrogen (secondary N) is 2.